The van der Waals surface area contributed by atoms with Crippen molar-refractivity contribution in [1.82, 2.24) is 5.32 Å². The minimum atomic E-state index is -4.64. The first-order valence-electron chi connectivity index (χ1n) is 7.38. The Hall–Kier alpha value is -1.76. The molecule has 0 aromatic heterocycles. The van der Waals surface area contributed by atoms with E-state index in [1.54, 1.807) is 0 Å². The highest BCUT2D eigenvalue weighted by molar-refractivity contribution is 6.30. The van der Waals surface area contributed by atoms with Crippen LogP contribution in [0.2, 0.25) is 5.02 Å². The summed E-state index contributed by atoms with van der Waals surface area (Å²) in [4.78, 5) is 24.1. The lowest BCUT2D eigenvalue weighted by atomic mass is 10.1. The molecule has 24 heavy (non-hydrogen) atoms. The normalized spacial score (nSPS) is 20.5. The van der Waals surface area contributed by atoms with E-state index in [1.807, 2.05) is 20.8 Å². The molecule has 1 aliphatic rings. The van der Waals surface area contributed by atoms with E-state index in [9.17, 15) is 22.8 Å². The van der Waals surface area contributed by atoms with Crippen molar-refractivity contribution in [3.63, 3.8) is 0 Å². The lowest BCUT2D eigenvalue weighted by molar-refractivity contribution is -0.137. The highest BCUT2D eigenvalue weighted by Crippen LogP contribution is 2.41. The zero-order chi connectivity index (χ0) is 18.3. The molecular weight excluding hydrogens is 345 g/mol. The Morgan fingerprint density at radius 3 is 2.25 bits per heavy atom. The number of amides is 2. The molecule has 2 amide bonds. The van der Waals surface area contributed by atoms with Crippen LogP contribution in [0.3, 0.4) is 0 Å². The molecule has 4 nitrogen and oxygen atoms in total. The maximum absolute atomic E-state index is 13.0. The van der Waals surface area contributed by atoms with Gasteiger partial charge in [0.15, 0.2) is 0 Å². The van der Waals surface area contributed by atoms with Gasteiger partial charge in [-0.15, -0.1) is 0 Å². The summed E-state index contributed by atoms with van der Waals surface area (Å²) in [5.74, 6) is -2.00. The molecule has 0 bridgehead atoms. The molecular formula is C16H18ClF3N2O2. The molecule has 132 valence electrons. The summed E-state index contributed by atoms with van der Waals surface area (Å²) in [5, 5.41) is 4.94. The van der Waals surface area contributed by atoms with E-state index in [0.29, 0.717) is 6.42 Å². The van der Waals surface area contributed by atoms with Gasteiger partial charge in [-0.05, 0) is 45.4 Å². The molecule has 0 saturated heterocycles. The number of rotatable bonds is 3. The zero-order valence-corrected chi connectivity index (χ0v) is 14.2. The van der Waals surface area contributed by atoms with Crippen molar-refractivity contribution in [3.8, 4) is 0 Å². The molecule has 0 spiro atoms. The van der Waals surface area contributed by atoms with E-state index in [0.717, 1.165) is 12.1 Å². The fraction of sp³-hybridized carbons (Fsp3) is 0.500. The number of benzene rings is 1. The van der Waals surface area contributed by atoms with Crippen molar-refractivity contribution < 1.29 is 22.8 Å². The molecule has 8 heteroatoms. The highest BCUT2D eigenvalue weighted by Gasteiger charge is 2.49. The number of hydrogen-bond donors (Lipinski definition) is 2. The fourth-order valence-electron chi connectivity index (χ4n) is 2.32. The molecule has 2 atom stereocenters. The number of alkyl halides is 3. The van der Waals surface area contributed by atoms with Crippen LogP contribution in [0, 0.1) is 11.8 Å². The second-order valence-electron chi connectivity index (χ2n) is 6.86. The third-order valence-corrected chi connectivity index (χ3v) is 3.74. The summed E-state index contributed by atoms with van der Waals surface area (Å²) in [7, 11) is 0. The summed E-state index contributed by atoms with van der Waals surface area (Å²) in [6.45, 7) is 5.43. The van der Waals surface area contributed by atoms with E-state index in [4.69, 9.17) is 11.6 Å². The monoisotopic (exact) mass is 362 g/mol. The zero-order valence-electron chi connectivity index (χ0n) is 13.4. The van der Waals surface area contributed by atoms with E-state index in [1.165, 1.54) is 6.07 Å². The summed E-state index contributed by atoms with van der Waals surface area (Å²) < 4.78 is 39.0. The van der Waals surface area contributed by atoms with Gasteiger partial charge in [0.25, 0.3) is 0 Å². The molecule has 2 rings (SSSR count). The summed E-state index contributed by atoms with van der Waals surface area (Å²) >= 11 is 5.59. The molecule has 1 aliphatic carbocycles. The number of hydrogen-bond acceptors (Lipinski definition) is 2. The van der Waals surface area contributed by atoms with Crippen molar-refractivity contribution >= 4 is 29.1 Å². The van der Waals surface area contributed by atoms with Gasteiger partial charge in [0.2, 0.25) is 11.8 Å². The highest BCUT2D eigenvalue weighted by atomic mass is 35.5. The molecule has 2 N–H and O–H groups in total. The van der Waals surface area contributed by atoms with Crippen LogP contribution in [0.15, 0.2) is 18.2 Å². The van der Waals surface area contributed by atoms with Crippen LogP contribution >= 0.6 is 11.6 Å². The summed E-state index contributed by atoms with van der Waals surface area (Å²) in [5.41, 5.74) is -1.81. The Morgan fingerprint density at radius 2 is 1.71 bits per heavy atom. The third-order valence-electron chi connectivity index (χ3n) is 3.51. The van der Waals surface area contributed by atoms with E-state index in [-0.39, 0.29) is 16.6 Å². The van der Waals surface area contributed by atoms with Gasteiger partial charge < -0.3 is 10.6 Å². The number of carbonyl (C=O) groups is 2. The van der Waals surface area contributed by atoms with Crippen LogP contribution in [0.1, 0.15) is 32.8 Å². The lowest BCUT2D eigenvalue weighted by Gasteiger charge is -2.20. The van der Waals surface area contributed by atoms with Crippen LogP contribution in [0.4, 0.5) is 18.9 Å². The quantitative estimate of drug-likeness (QED) is 0.858. The summed E-state index contributed by atoms with van der Waals surface area (Å²) in [6.07, 6.45) is -4.32. The van der Waals surface area contributed by atoms with Crippen LogP contribution in [-0.2, 0) is 15.8 Å². The number of halogens is 4. The molecule has 0 aliphatic heterocycles. The fourth-order valence-corrected chi connectivity index (χ4v) is 2.49. The topological polar surface area (TPSA) is 58.2 Å². The molecule has 1 aromatic rings. The third kappa shape index (κ3) is 4.63. The second-order valence-corrected chi connectivity index (χ2v) is 7.30. The van der Waals surface area contributed by atoms with Gasteiger partial charge in [0.05, 0.1) is 23.1 Å². The van der Waals surface area contributed by atoms with Crippen LogP contribution < -0.4 is 10.6 Å². The Morgan fingerprint density at radius 1 is 1.12 bits per heavy atom. The maximum atomic E-state index is 13.0. The van der Waals surface area contributed by atoms with Gasteiger partial charge in [-0.3, -0.25) is 9.59 Å². The van der Waals surface area contributed by atoms with Gasteiger partial charge >= 0.3 is 6.18 Å². The van der Waals surface area contributed by atoms with Crippen molar-refractivity contribution in [2.45, 2.75) is 38.9 Å². The first kappa shape index (κ1) is 18.6. The van der Waals surface area contributed by atoms with E-state index >= 15 is 0 Å². The molecule has 1 aromatic carbocycles. The number of carbonyl (C=O) groups excluding carboxylic acids is 2. The molecule has 0 radical (unpaired) electrons. The second kappa shape index (κ2) is 6.27. The van der Waals surface area contributed by atoms with E-state index in [2.05, 4.69) is 10.6 Å². The van der Waals surface area contributed by atoms with Crippen molar-refractivity contribution in [2.24, 2.45) is 11.8 Å². The Bertz CT molecular complexity index is 668. The minimum Gasteiger partial charge on any atom is -0.351 e. The van der Waals surface area contributed by atoms with Crippen LogP contribution in [0.25, 0.3) is 0 Å². The Labute approximate surface area is 142 Å². The minimum absolute atomic E-state index is 0.0748. The Balaban J connectivity index is 2.06. The van der Waals surface area contributed by atoms with Gasteiger partial charge in [-0.25, -0.2) is 0 Å². The lowest BCUT2D eigenvalue weighted by Crippen LogP contribution is -2.42. The van der Waals surface area contributed by atoms with Crippen molar-refractivity contribution in [3.05, 3.63) is 28.8 Å². The molecule has 0 heterocycles. The average Bonchev–Trinajstić information content (AvgIpc) is 3.18. The van der Waals surface area contributed by atoms with Gasteiger partial charge in [-0.1, -0.05) is 11.6 Å². The standard InChI is InChI=1S/C16H18ClF3N2O2/c1-15(2,3)22-14(24)10-7-9(10)13(23)21-12-5-4-8(17)6-11(12)16(18,19)20/h4-6,9-10H,7H2,1-3H3,(H,21,23)(H,22,24). The molecule has 1 saturated carbocycles. The molecule has 1 fully saturated rings. The summed E-state index contributed by atoms with van der Waals surface area (Å²) in [6, 6.07) is 3.13. The smallest absolute Gasteiger partial charge is 0.351 e. The average molecular weight is 363 g/mol. The van der Waals surface area contributed by atoms with Crippen LogP contribution in [0.5, 0.6) is 0 Å². The van der Waals surface area contributed by atoms with Crippen molar-refractivity contribution in [1.29, 1.82) is 0 Å². The SMILES string of the molecule is CC(C)(C)NC(=O)C1CC1C(=O)Nc1ccc(Cl)cc1C(F)(F)F. The van der Waals surface area contributed by atoms with Gasteiger partial charge in [0, 0.05) is 10.6 Å². The van der Waals surface area contributed by atoms with Crippen LogP contribution in [-0.4, -0.2) is 17.4 Å². The van der Waals surface area contributed by atoms with E-state index < -0.39 is 35.0 Å². The predicted octanol–water partition coefficient (Wildman–Crippen LogP) is 3.85. The first-order chi connectivity index (χ1) is 10.9. The Kier molecular flexibility index (Phi) is 4.86. The first-order valence-corrected chi connectivity index (χ1v) is 7.76. The number of anilines is 1. The molecule has 2 unspecified atom stereocenters. The predicted molar refractivity (Wildman–Crippen MR) is 84.6 cm³/mol. The largest absolute Gasteiger partial charge is 0.418 e. The maximum Gasteiger partial charge on any atom is 0.418 e. The van der Waals surface area contributed by atoms with Crippen molar-refractivity contribution in [2.75, 3.05) is 5.32 Å². The number of nitrogens with one attached hydrogen (secondary N) is 2. The van der Waals surface area contributed by atoms with Gasteiger partial charge in [-0.2, -0.15) is 13.2 Å². The van der Waals surface area contributed by atoms with Gasteiger partial charge in [0.1, 0.15) is 0 Å².